The van der Waals surface area contributed by atoms with Gasteiger partial charge in [0.1, 0.15) is 9.09 Å². The SMILES string of the molecule is CCc1nnsc1C(=O)NCc1ccc(S(N)(=O)=O)s1. The Morgan fingerprint density at radius 3 is 2.80 bits per heavy atom. The second kappa shape index (κ2) is 5.95. The first-order chi connectivity index (χ1) is 9.41. The van der Waals surface area contributed by atoms with E-state index in [1.165, 1.54) is 6.07 Å². The zero-order chi connectivity index (χ0) is 14.8. The minimum atomic E-state index is -3.69. The highest BCUT2D eigenvalue weighted by Crippen LogP contribution is 2.20. The fraction of sp³-hybridized carbons (Fsp3) is 0.300. The number of aromatic nitrogens is 2. The molecule has 0 radical (unpaired) electrons. The van der Waals surface area contributed by atoms with Crippen molar-refractivity contribution in [2.75, 3.05) is 0 Å². The predicted octanol–water partition coefficient (Wildman–Crippen LogP) is 0.739. The molecule has 7 nitrogen and oxygen atoms in total. The highest BCUT2D eigenvalue weighted by molar-refractivity contribution is 7.91. The van der Waals surface area contributed by atoms with Gasteiger partial charge >= 0.3 is 0 Å². The first-order valence-electron chi connectivity index (χ1n) is 5.62. The zero-order valence-electron chi connectivity index (χ0n) is 10.5. The number of primary sulfonamides is 1. The number of amides is 1. The van der Waals surface area contributed by atoms with Crippen LogP contribution in [0.3, 0.4) is 0 Å². The van der Waals surface area contributed by atoms with Gasteiger partial charge in [-0.3, -0.25) is 4.79 Å². The van der Waals surface area contributed by atoms with E-state index in [4.69, 9.17) is 5.14 Å². The van der Waals surface area contributed by atoms with Crippen molar-refractivity contribution in [2.45, 2.75) is 24.1 Å². The smallest absolute Gasteiger partial charge is 0.265 e. The molecule has 2 rings (SSSR count). The van der Waals surface area contributed by atoms with E-state index in [-0.39, 0.29) is 16.7 Å². The first-order valence-corrected chi connectivity index (χ1v) is 8.76. The van der Waals surface area contributed by atoms with E-state index >= 15 is 0 Å². The summed E-state index contributed by atoms with van der Waals surface area (Å²) in [5.74, 6) is -0.262. The van der Waals surface area contributed by atoms with Crippen molar-refractivity contribution in [1.82, 2.24) is 14.9 Å². The maximum atomic E-state index is 11.9. The topological polar surface area (TPSA) is 115 Å². The monoisotopic (exact) mass is 332 g/mol. The van der Waals surface area contributed by atoms with Crippen LogP contribution in [0.2, 0.25) is 0 Å². The third-order valence-electron chi connectivity index (χ3n) is 2.44. The molecule has 10 heteroatoms. The Morgan fingerprint density at radius 1 is 1.45 bits per heavy atom. The summed E-state index contributed by atoms with van der Waals surface area (Å²) in [6, 6.07) is 3.05. The average Bonchev–Trinajstić information content (AvgIpc) is 3.03. The summed E-state index contributed by atoms with van der Waals surface area (Å²) in [7, 11) is -3.69. The van der Waals surface area contributed by atoms with Crippen LogP contribution >= 0.6 is 22.9 Å². The minimum absolute atomic E-state index is 0.0791. The van der Waals surface area contributed by atoms with Crippen LogP contribution in [0.4, 0.5) is 0 Å². The lowest BCUT2D eigenvalue weighted by Gasteiger charge is -2.01. The van der Waals surface area contributed by atoms with Crippen LogP contribution in [0.15, 0.2) is 16.3 Å². The van der Waals surface area contributed by atoms with E-state index < -0.39 is 10.0 Å². The number of hydrogen-bond acceptors (Lipinski definition) is 7. The van der Waals surface area contributed by atoms with Crippen LogP contribution in [0.1, 0.15) is 27.2 Å². The summed E-state index contributed by atoms with van der Waals surface area (Å²) in [6.07, 6.45) is 0.633. The molecule has 2 aromatic heterocycles. The van der Waals surface area contributed by atoms with Gasteiger partial charge in [-0.1, -0.05) is 11.4 Å². The number of hydrogen-bond donors (Lipinski definition) is 2. The Labute approximate surface area is 124 Å². The minimum Gasteiger partial charge on any atom is -0.346 e. The molecule has 0 bridgehead atoms. The molecule has 0 aliphatic carbocycles. The molecule has 108 valence electrons. The van der Waals surface area contributed by atoms with Gasteiger partial charge in [0.2, 0.25) is 10.0 Å². The van der Waals surface area contributed by atoms with E-state index in [1.807, 2.05) is 6.92 Å². The maximum absolute atomic E-state index is 11.9. The summed E-state index contributed by atoms with van der Waals surface area (Å²) < 4.78 is 26.1. The molecule has 20 heavy (non-hydrogen) atoms. The second-order valence-corrected chi connectivity index (χ2v) is 7.56. The van der Waals surface area contributed by atoms with E-state index in [9.17, 15) is 13.2 Å². The number of aryl methyl sites for hydroxylation is 1. The highest BCUT2D eigenvalue weighted by Gasteiger charge is 2.16. The van der Waals surface area contributed by atoms with Crippen LogP contribution in [0.25, 0.3) is 0 Å². The lowest BCUT2D eigenvalue weighted by molar-refractivity contribution is 0.0954. The normalized spacial score (nSPS) is 11.5. The zero-order valence-corrected chi connectivity index (χ0v) is 12.9. The van der Waals surface area contributed by atoms with Crippen molar-refractivity contribution in [3.63, 3.8) is 0 Å². The predicted molar refractivity (Wildman–Crippen MR) is 76.1 cm³/mol. The molecule has 3 N–H and O–H groups in total. The number of nitrogens with zero attached hydrogens (tertiary/aromatic N) is 2. The van der Waals surface area contributed by atoms with Crippen LogP contribution in [0.5, 0.6) is 0 Å². The third-order valence-corrected chi connectivity index (χ3v) is 5.73. The Bertz CT molecular complexity index is 720. The summed E-state index contributed by atoms with van der Waals surface area (Å²) in [6.45, 7) is 2.13. The maximum Gasteiger partial charge on any atom is 0.265 e. The van der Waals surface area contributed by atoms with Crippen molar-refractivity contribution < 1.29 is 13.2 Å². The molecule has 0 aliphatic heterocycles. The molecule has 2 aromatic rings. The summed E-state index contributed by atoms with van der Waals surface area (Å²) in [5.41, 5.74) is 0.656. The van der Waals surface area contributed by atoms with E-state index in [2.05, 4.69) is 14.9 Å². The highest BCUT2D eigenvalue weighted by atomic mass is 32.2. The third kappa shape index (κ3) is 3.39. The van der Waals surface area contributed by atoms with Gasteiger partial charge in [0, 0.05) is 4.88 Å². The van der Waals surface area contributed by atoms with Crippen molar-refractivity contribution in [3.8, 4) is 0 Å². The first kappa shape index (κ1) is 15.0. The molecule has 0 aromatic carbocycles. The number of rotatable bonds is 5. The Morgan fingerprint density at radius 2 is 2.20 bits per heavy atom. The van der Waals surface area contributed by atoms with Crippen molar-refractivity contribution in [1.29, 1.82) is 0 Å². The van der Waals surface area contributed by atoms with Crippen LogP contribution < -0.4 is 10.5 Å². The fourth-order valence-corrected chi connectivity index (χ4v) is 3.85. The fourth-order valence-electron chi connectivity index (χ4n) is 1.47. The molecule has 0 saturated carbocycles. The quantitative estimate of drug-likeness (QED) is 0.838. The van der Waals surface area contributed by atoms with E-state index in [0.717, 1.165) is 22.9 Å². The molecule has 1 amide bonds. The van der Waals surface area contributed by atoms with Gasteiger partial charge in [0.05, 0.1) is 12.2 Å². The summed E-state index contributed by atoms with van der Waals surface area (Å²) in [4.78, 5) is 13.1. The molecule has 0 unspecified atom stereocenters. The lowest BCUT2D eigenvalue weighted by atomic mass is 10.3. The number of thiophene rings is 1. The standard InChI is InChI=1S/C10H12N4O3S3/c1-2-7-9(19-14-13-7)10(15)12-5-6-3-4-8(18-6)20(11,16)17/h3-4H,2,5H2,1H3,(H,12,15)(H2,11,16,17). The van der Waals surface area contributed by atoms with Gasteiger partial charge < -0.3 is 5.32 Å². The Balaban J connectivity index is 2.02. The molecule has 0 atom stereocenters. The molecule has 0 fully saturated rings. The second-order valence-electron chi connectivity index (χ2n) is 3.85. The molecule has 0 spiro atoms. The van der Waals surface area contributed by atoms with Gasteiger partial charge in [-0.25, -0.2) is 13.6 Å². The van der Waals surface area contributed by atoms with E-state index in [1.54, 1.807) is 6.07 Å². The lowest BCUT2D eigenvalue weighted by Crippen LogP contribution is -2.22. The number of carbonyl (C=O) groups excluding carboxylic acids is 1. The van der Waals surface area contributed by atoms with Gasteiger partial charge in [0.25, 0.3) is 5.91 Å². The van der Waals surface area contributed by atoms with Gasteiger partial charge in [-0.05, 0) is 30.1 Å². The molecule has 0 saturated heterocycles. The van der Waals surface area contributed by atoms with Gasteiger partial charge in [-0.2, -0.15) is 0 Å². The van der Waals surface area contributed by atoms with Crippen molar-refractivity contribution in [3.05, 3.63) is 27.6 Å². The Hall–Kier alpha value is -1.36. The molecule has 2 heterocycles. The molecular weight excluding hydrogens is 320 g/mol. The number of carbonyl (C=O) groups is 1. The summed E-state index contributed by atoms with van der Waals surface area (Å²) in [5, 5.41) is 11.6. The van der Waals surface area contributed by atoms with Crippen molar-refractivity contribution >= 4 is 38.8 Å². The van der Waals surface area contributed by atoms with Crippen LogP contribution in [0, 0.1) is 0 Å². The summed E-state index contributed by atoms with van der Waals surface area (Å²) >= 11 is 2.07. The number of sulfonamides is 1. The van der Waals surface area contributed by atoms with Crippen molar-refractivity contribution in [2.24, 2.45) is 5.14 Å². The van der Waals surface area contributed by atoms with Gasteiger partial charge in [-0.15, -0.1) is 16.4 Å². The van der Waals surface area contributed by atoms with Crippen LogP contribution in [-0.4, -0.2) is 23.9 Å². The Kier molecular flexibility index (Phi) is 4.48. The van der Waals surface area contributed by atoms with Gasteiger partial charge in [0.15, 0.2) is 0 Å². The number of nitrogens with two attached hydrogens (primary N) is 1. The van der Waals surface area contributed by atoms with Crippen LogP contribution in [-0.2, 0) is 23.0 Å². The molecular formula is C10H12N4O3S3. The average molecular weight is 332 g/mol. The largest absolute Gasteiger partial charge is 0.346 e. The van der Waals surface area contributed by atoms with E-state index in [0.29, 0.717) is 21.9 Å². The molecule has 0 aliphatic rings. The number of nitrogens with one attached hydrogen (secondary N) is 1.